The first kappa shape index (κ1) is 15.2. The molecule has 0 spiro atoms. The summed E-state index contributed by atoms with van der Waals surface area (Å²) in [6.07, 6.45) is 4.56. The molecule has 0 aliphatic heterocycles. The highest BCUT2D eigenvalue weighted by atomic mass is 32.2. The molecule has 0 aliphatic carbocycles. The van der Waals surface area contributed by atoms with Crippen molar-refractivity contribution in [3.05, 3.63) is 63.5 Å². The maximum Gasteiger partial charge on any atom is 0.267 e. The van der Waals surface area contributed by atoms with Crippen molar-refractivity contribution in [1.29, 1.82) is 0 Å². The molecule has 0 N–H and O–H groups in total. The van der Waals surface area contributed by atoms with E-state index in [0.717, 1.165) is 5.75 Å². The first-order valence-electron chi connectivity index (χ1n) is 6.70. The molecule has 0 amide bonds. The molecule has 3 aromatic heterocycles. The molecule has 0 nitrogen and oxygen atoms in total. The Morgan fingerprint density at radius 1 is 1.00 bits per heavy atom. The van der Waals surface area contributed by atoms with Crippen LogP contribution in [0.5, 0.6) is 0 Å². The first-order valence-corrected chi connectivity index (χ1v) is 10.7. The van der Waals surface area contributed by atoms with Crippen LogP contribution in [0.1, 0.15) is 4.88 Å². The maximum atomic E-state index is 2.40. The van der Waals surface area contributed by atoms with E-state index in [9.17, 15) is 0 Å². The van der Waals surface area contributed by atoms with Crippen LogP contribution >= 0.6 is 45.8 Å². The van der Waals surface area contributed by atoms with Crippen molar-refractivity contribution >= 4 is 67.5 Å². The highest BCUT2D eigenvalue weighted by Crippen LogP contribution is 2.25. The predicted octanol–water partition coefficient (Wildman–Crippen LogP) is 4.47. The number of hydrogen-bond donors (Lipinski definition) is 0. The summed E-state index contributed by atoms with van der Waals surface area (Å²) < 4.78 is 2.86. The molecule has 3 aromatic rings. The lowest BCUT2D eigenvalue weighted by Crippen LogP contribution is -2.40. The third-order valence-electron chi connectivity index (χ3n) is 3.24. The summed E-state index contributed by atoms with van der Waals surface area (Å²) in [6.45, 7) is 0.371. The molecule has 0 radical (unpaired) electrons. The Labute approximate surface area is 142 Å². The zero-order valence-corrected chi connectivity index (χ0v) is 15.0. The van der Waals surface area contributed by atoms with E-state index in [1.807, 2.05) is 45.8 Å². The van der Waals surface area contributed by atoms with Crippen LogP contribution in [-0.2, 0) is 0 Å². The molecular weight excluding hydrogens is 331 g/mol. The number of hydrogen-bond acceptors (Lipinski definition) is 4. The van der Waals surface area contributed by atoms with Crippen LogP contribution in [0.15, 0.2) is 58.6 Å². The van der Waals surface area contributed by atoms with Gasteiger partial charge in [-0.3, -0.25) is 0 Å². The summed E-state index contributed by atoms with van der Waals surface area (Å²) in [5, 5.41) is 6.52. The average molecular weight is 346 g/mol. The van der Waals surface area contributed by atoms with Crippen LogP contribution in [0.3, 0.4) is 0 Å². The molecule has 0 unspecified atom stereocenters. The second kappa shape index (κ2) is 7.50. The van der Waals surface area contributed by atoms with Gasteiger partial charge in [-0.2, -0.15) is 34.4 Å². The van der Waals surface area contributed by atoms with Gasteiger partial charge in [-0.25, -0.2) is 0 Å². The second-order valence-corrected chi connectivity index (χ2v) is 8.37. The summed E-state index contributed by atoms with van der Waals surface area (Å²) >= 11 is 7.41. The summed E-state index contributed by atoms with van der Waals surface area (Å²) in [4.78, 5) is 1.39. The molecule has 5 heteroatoms. The maximum absolute atomic E-state index is 2.40. The Morgan fingerprint density at radius 2 is 1.62 bits per heavy atom. The van der Waals surface area contributed by atoms with Gasteiger partial charge >= 0.3 is 0 Å². The Kier molecular flexibility index (Phi) is 5.41. The number of thioether (sulfide) groups is 1. The van der Waals surface area contributed by atoms with Gasteiger partial charge in [0.05, 0.1) is 0 Å². The molecule has 21 heavy (non-hydrogen) atoms. The van der Waals surface area contributed by atoms with E-state index in [1.165, 1.54) is 19.9 Å². The third kappa shape index (κ3) is 3.54. The lowest BCUT2D eigenvalue weighted by Gasteiger charge is -2.14. The van der Waals surface area contributed by atoms with Crippen molar-refractivity contribution in [3.63, 3.8) is 0 Å². The van der Waals surface area contributed by atoms with Crippen LogP contribution in [0.4, 0.5) is 0 Å². The van der Waals surface area contributed by atoms with E-state index < -0.39 is 0 Å². The molecule has 0 bridgehead atoms. The third-order valence-corrected chi connectivity index (χ3v) is 6.54. The second-order valence-electron chi connectivity index (χ2n) is 4.56. The van der Waals surface area contributed by atoms with Crippen molar-refractivity contribution in [2.24, 2.45) is 0 Å². The fourth-order valence-electron chi connectivity index (χ4n) is 2.33. The van der Waals surface area contributed by atoms with Crippen molar-refractivity contribution in [3.8, 4) is 0 Å². The molecule has 3 heterocycles. The molecule has 0 fully saturated rings. The number of rotatable bonds is 6. The van der Waals surface area contributed by atoms with Gasteiger partial charge in [0.1, 0.15) is 0 Å². The monoisotopic (exact) mass is 346 g/mol. The van der Waals surface area contributed by atoms with Crippen molar-refractivity contribution < 1.29 is 0 Å². The molecule has 0 aliphatic rings. The molecular formula is C16H15BS4. The van der Waals surface area contributed by atoms with E-state index in [2.05, 4.69) is 64.9 Å². The standard InChI is InChI=1S/C16H15BS4/c1-18-12-8-13(14-5-2-9-19-14)17(15-6-3-10-20-15)16-7-4-11-21-16/h2-11H,12H2,1H3/b13-8-. The minimum absolute atomic E-state index is 0.371. The van der Waals surface area contributed by atoms with E-state index >= 15 is 0 Å². The average Bonchev–Trinajstić information content (AvgIpc) is 3.26. The zero-order chi connectivity index (χ0) is 14.5. The van der Waals surface area contributed by atoms with Crippen LogP contribution in [0, 0.1) is 0 Å². The minimum Gasteiger partial charge on any atom is -0.161 e. The molecule has 106 valence electrons. The lowest BCUT2D eigenvalue weighted by molar-refractivity contribution is 1.78. The highest BCUT2D eigenvalue weighted by molar-refractivity contribution is 7.98. The van der Waals surface area contributed by atoms with E-state index in [0.29, 0.717) is 6.71 Å². The zero-order valence-electron chi connectivity index (χ0n) is 11.7. The quantitative estimate of drug-likeness (QED) is 0.594. The summed E-state index contributed by atoms with van der Waals surface area (Å²) in [6, 6.07) is 13.2. The van der Waals surface area contributed by atoms with Gasteiger partial charge < -0.3 is 0 Å². The summed E-state index contributed by atoms with van der Waals surface area (Å²) in [7, 11) is 0. The van der Waals surface area contributed by atoms with Crippen molar-refractivity contribution in [2.75, 3.05) is 12.0 Å². The molecule has 0 saturated heterocycles. The normalized spacial score (nSPS) is 11.8. The Balaban J connectivity index is 2.08. The van der Waals surface area contributed by atoms with E-state index in [-0.39, 0.29) is 0 Å². The Morgan fingerprint density at radius 3 is 2.10 bits per heavy atom. The Bertz CT molecular complexity index is 632. The van der Waals surface area contributed by atoms with Gasteiger partial charge in [-0.05, 0) is 38.0 Å². The van der Waals surface area contributed by atoms with Gasteiger partial charge in [-0.15, -0.1) is 11.3 Å². The van der Waals surface area contributed by atoms with Crippen molar-refractivity contribution in [1.82, 2.24) is 0 Å². The highest BCUT2D eigenvalue weighted by Gasteiger charge is 2.27. The fourth-order valence-corrected chi connectivity index (χ4v) is 5.28. The fraction of sp³-hybridized carbons (Fsp3) is 0.125. The molecule has 0 aromatic carbocycles. The van der Waals surface area contributed by atoms with Crippen LogP contribution in [0.25, 0.3) is 5.47 Å². The smallest absolute Gasteiger partial charge is 0.161 e. The van der Waals surface area contributed by atoms with Gasteiger partial charge in [0, 0.05) is 10.6 Å². The van der Waals surface area contributed by atoms with Gasteiger partial charge in [-0.1, -0.05) is 41.9 Å². The van der Waals surface area contributed by atoms with E-state index in [1.54, 1.807) is 0 Å². The first-order chi connectivity index (χ1) is 10.4. The van der Waals surface area contributed by atoms with Crippen LogP contribution < -0.4 is 9.55 Å². The SMILES string of the molecule is CSC/C=C(\B(c1cccs1)c1cccs1)c1cccs1. The lowest BCUT2D eigenvalue weighted by atomic mass is 9.42. The topological polar surface area (TPSA) is 0 Å². The molecule has 0 saturated carbocycles. The summed E-state index contributed by atoms with van der Waals surface area (Å²) in [5.74, 6) is 1.06. The van der Waals surface area contributed by atoms with Gasteiger partial charge in [0.15, 0.2) is 0 Å². The van der Waals surface area contributed by atoms with Crippen LogP contribution in [-0.4, -0.2) is 18.7 Å². The largest absolute Gasteiger partial charge is 0.267 e. The summed E-state index contributed by atoms with van der Waals surface area (Å²) in [5.41, 5.74) is 1.45. The number of thiophene rings is 3. The molecule has 0 atom stereocenters. The van der Waals surface area contributed by atoms with Gasteiger partial charge in [0.25, 0.3) is 6.71 Å². The Hall–Kier alpha value is -0.745. The van der Waals surface area contributed by atoms with Gasteiger partial charge in [0.2, 0.25) is 0 Å². The van der Waals surface area contributed by atoms with Crippen molar-refractivity contribution in [2.45, 2.75) is 0 Å². The van der Waals surface area contributed by atoms with Crippen LogP contribution in [0.2, 0.25) is 0 Å². The molecule has 3 rings (SSSR count). The predicted molar refractivity (Wildman–Crippen MR) is 104 cm³/mol. The van der Waals surface area contributed by atoms with E-state index in [4.69, 9.17) is 0 Å². The minimum atomic E-state index is 0.371.